The number of aryl methyl sites for hydroxylation is 1. The van der Waals surface area contributed by atoms with Gasteiger partial charge in [-0.25, -0.2) is 0 Å². The first-order valence-corrected chi connectivity index (χ1v) is 4.03. The molecule has 2 heteroatoms. The van der Waals surface area contributed by atoms with Crippen molar-refractivity contribution in [3.8, 4) is 5.75 Å². The van der Waals surface area contributed by atoms with Crippen LogP contribution < -0.4 is 4.48 Å². The molecule has 0 bridgehead atoms. The van der Waals surface area contributed by atoms with Crippen LogP contribution in [0.5, 0.6) is 5.75 Å². The third-order valence-electron chi connectivity index (χ3n) is 1.90. The van der Waals surface area contributed by atoms with Crippen LogP contribution in [0.2, 0.25) is 0 Å². The minimum absolute atomic E-state index is 0.338. The van der Waals surface area contributed by atoms with Crippen molar-refractivity contribution in [1.29, 1.82) is 0 Å². The van der Waals surface area contributed by atoms with Crippen LogP contribution in [0.1, 0.15) is 5.56 Å². The molecule has 0 atom stereocenters. The van der Waals surface area contributed by atoms with Crippen molar-refractivity contribution in [3.63, 3.8) is 0 Å². The van der Waals surface area contributed by atoms with E-state index in [1.807, 2.05) is 13.0 Å². The molecule has 12 heavy (non-hydrogen) atoms. The van der Waals surface area contributed by atoms with Crippen molar-refractivity contribution < 1.29 is 5.11 Å². The van der Waals surface area contributed by atoms with Crippen molar-refractivity contribution in [2.75, 3.05) is 21.1 Å². The summed E-state index contributed by atoms with van der Waals surface area (Å²) in [5, 5.41) is 9.20. The number of phenolic OH excluding ortho intramolecular Hbond substituents is 1. The summed E-state index contributed by atoms with van der Waals surface area (Å²) in [6.45, 7) is 2.01. The zero-order valence-electron chi connectivity index (χ0n) is 8.13. The number of rotatable bonds is 1. The van der Waals surface area contributed by atoms with Gasteiger partial charge >= 0.3 is 0 Å². The van der Waals surface area contributed by atoms with Gasteiger partial charge in [0.25, 0.3) is 0 Å². The van der Waals surface area contributed by atoms with E-state index >= 15 is 0 Å². The molecule has 0 aliphatic rings. The van der Waals surface area contributed by atoms with Crippen molar-refractivity contribution in [3.05, 3.63) is 23.8 Å². The molecule has 1 rings (SSSR count). The summed E-state index contributed by atoms with van der Waals surface area (Å²) in [5.74, 6) is 0.338. The third-order valence-corrected chi connectivity index (χ3v) is 1.90. The molecule has 0 saturated heterocycles. The monoisotopic (exact) mass is 166 g/mol. The lowest BCUT2D eigenvalue weighted by Crippen LogP contribution is -2.35. The number of benzene rings is 1. The van der Waals surface area contributed by atoms with Gasteiger partial charge in [0.1, 0.15) is 11.4 Å². The highest BCUT2D eigenvalue weighted by Crippen LogP contribution is 2.25. The molecule has 0 aliphatic heterocycles. The summed E-state index contributed by atoms with van der Waals surface area (Å²) >= 11 is 0. The Hall–Kier alpha value is -1.02. The molecular formula is C10H16NO+. The van der Waals surface area contributed by atoms with Crippen LogP contribution in [0.25, 0.3) is 0 Å². The van der Waals surface area contributed by atoms with Crippen LogP contribution in [-0.4, -0.2) is 26.2 Å². The highest BCUT2D eigenvalue weighted by molar-refractivity contribution is 5.51. The van der Waals surface area contributed by atoms with E-state index in [-0.39, 0.29) is 0 Å². The van der Waals surface area contributed by atoms with E-state index in [9.17, 15) is 5.11 Å². The van der Waals surface area contributed by atoms with Gasteiger partial charge in [-0.15, -0.1) is 0 Å². The molecule has 66 valence electrons. The Bertz CT molecular complexity index is 286. The second kappa shape index (κ2) is 2.79. The Morgan fingerprint density at radius 1 is 1.17 bits per heavy atom. The van der Waals surface area contributed by atoms with Gasteiger partial charge in [0.2, 0.25) is 0 Å². The SMILES string of the molecule is Cc1cc(O)ccc1[N+](C)(C)C. The molecule has 0 radical (unpaired) electrons. The quantitative estimate of drug-likeness (QED) is 0.632. The number of hydrogen-bond donors (Lipinski definition) is 1. The molecule has 1 aromatic carbocycles. The van der Waals surface area contributed by atoms with Gasteiger partial charge in [-0.1, -0.05) is 0 Å². The maximum absolute atomic E-state index is 9.20. The highest BCUT2D eigenvalue weighted by Gasteiger charge is 2.14. The summed E-state index contributed by atoms with van der Waals surface area (Å²) in [4.78, 5) is 0. The van der Waals surface area contributed by atoms with Gasteiger partial charge in [-0.3, -0.25) is 4.48 Å². The van der Waals surface area contributed by atoms with E-state index < -0.39 is 0 Å². The van der Waals surface area contributed by atoms with E-state index in [1.165, 1.54) is 5.69 Å². The predicted octanol–water partition coefficient (Wildman–Crippen LogP) is 1.90. The smallest absolute Gasteiger partial charge is 0.135 e. The summed E-state index contributed by atoms with van der Waals surface area (Å²) in [7, 11) is 6.33. The van der Waals surface area contributed by atoms with Crippen LogP contribution in [0, 0.1) is 6.92 Å². The molecule has 1 aromatic rings. The Morgan fingerprint density at radius 3 is 2.17 bits per heavy atom. The third kappa shape index (κ3) is 1.77. The van der Waals surface area contributed by atoms with Crippen molar-refractivity contribution in [2.24, 2.45) is 0 Å². The Labute approximate surface area is 73.7 Å². The van der Waals surface area contributed by atoms with Crippen LogP contribution in [0.3, 0.4) is 0 Å². The van der Waals surface area contributed by atoms with E-state index in [4.69, 9.17) is 0 Å². The first kappa shape index (κ1) is 9.07. The van der Waals surface area contributed by atoms with E-state index in [1.54, 1.807) is 12.1 Å². The molecule has 0 amide bonds. The minimum Gasteiger partial charge on any atom is -0.508 e. The fourth-order valence-electron chi connectivity index (χ4n) is 1.39. The molecule has 0 heterocycles. The molecule has 0 aromatic heterocycles. The maximum atomic E-state index is 9.20. The maximum Gasteiger partial charge on any atom is 0.135 e. The number of quaternary nitrogens is 1. The number of phenols is 1. The lowest BCUT2D eigenvalue weighted by atomic mass is 10.1. The predicted molar refractivity (Wildman–Crippen MR) is 52.4 cm³/mol. The molecular weight excluding hydrogens is 150 g/mol. The number of nitrogens with zero attached hydrogens (tertiary/aromatic N) is 1. The fourth-order valence-corrected chi connectivity index (χ4v) is 1.39. The average molecular weight is 166 g/mol. The zero-order chi connectivity index (χ0) is 9.35. The normalized spacial score (nSPS) is 11.7. The topological polar surface area (TPSA) is 20.2 Å². The first-order valence-electron chi connectivity index (χ1n) is 4.03. The van der Waals surface area contributed by atoms with Crippen LogP contribution in [-0.2, 0) is 0 Å². The highest BCUT2D eigenvalue weighted by atomic mass is 16.3. The van der Waals surface area contributed by atoms with Crippen LogP contribution in [0.4, 0.5) is 5.69 Å². The summed E-state index contributed by atoms with van der Waals surface area (Å²) in [6, 6.07) is 5.48. The van der Waals surface area contributed by atoms with Crippen molar-refractivity contribution in [2.45, 2.75) is 6.92 Å². The molecule has 1 N–H and O–H groups in total. The van der Waals surface area contributed by atoms with Crippen LogP contribution >= 0.6 is 0 Å². The second-order valence-corrected chi connectivity index (χ2v) is 3.98. The fraction of sp³-hybridized carbons (Fsp3) is 0.400. The Balaban J connectivity index is 3.19. The molecule has 0 aliphatic carbocycles. The van der Waals surface area contributed by atoms with Gasteiger partial charge in [-0.2, -0.15) is 0 Å². The lowest BCUT2D eigenvalue weighted by Gasteiger charge is -2.25. The Kier molecular flexibility index (Phi) is 2.11. The molecule has 0 spiro atoms. The van der Waals surface area contributed by atoms with Gasteiger partial charge < -0.3 is 5.11 Å². The average Bonchev–Trinajstić information content (AvgIpc) is 1.83. The van der Waals surface area contributed by atoms with E-state index in [2.05, 4.69) is 21.1 Å². The number of hydrogen-bond acceptors (Lipinski definition) is 1. The lowest BCUT2D eigenvalue weighted by molar-refractivity contribution is 0.467. The molecule has 0 unspecified atom stereocenters. The first-order chi connectivity index (χ1) is 5.41. The summed E-state index contributed by atoms with van der Waals surface area (Å²) in [5.41, 5.74) is 2.36. The second-order valence-electron chi connectivity index (χ2n) is 3.98. The molecule has 0 saturated carbocycles. The van der Waals surface area contributed by atoms with Gasteiger partial charge in [-0.05, 0) is 19.1 Å². The van der Waals surface area contributed by atoms with Gasteiger partial charge in [0.15, 0.2) is 0 Å². The molecule has 0 fully saturated rings. The number of aromatic hydroxyl groups is 1. The van der Waals surface area contributed by atoms with E-state index in [0.717, 1.165) is 10.0 Å². The molecule has 2 nitrogen and oxygen atoms in total. The van der Waals surface area contributed by atoms with Crippen molar-refractivity contribution >= 4 is 5.69 Å². The standard InChI is InChI=1S/C10H15NO/c1-8-7-9(12)5-6-10(8)11(2,3)4/h5-7H,1-4H3/p+1. The largest absolute Gasteiger partial charge is 0.508 e. The zero-order valence-corrected chi connectivity index (χ0v) is 8.13. The summed E-state index contributed by atoms with van der Waals surface area (Å²) in [6.07, 6.45) is 0. The Morgan fingerprint density at radius 2 is 1.75 bits per heavy atom. The van der Waals surface area contributed by atoms with Gasteiger partial charge in [0, 0.05) is 11.6 Å². The van der Waals surface area contributed by atoms with Crippen LogP contribution in [0.15, 0.2) is 18.2 Å². The summed E-state index contributed by atoms with van der Waals surface area (Å²) < 4.78 is 0.784. The minimum atomic E-state index is 0.338. The van der Waals surface area contributed by atoms with Gasteiger partial charge in [0.05, 0.1) is 21.1 Å². The van der Waals surface area contributed by atoms with Crippen molar-refractivity contribution in [1.82, 2.24) is 4.48 Å². The van der Waals surface area contributed by atoms with E-state index in [0.29, 0.717) is 5.75 Å².